The van der Waals surface area contributed by atoms with E-state index in [0.717, 1.165) is 48.0 Å². The van der Waals surface area contributed by atoms with Gasteiger partial charge in [0.2, 0.25) is 5.95 Å². The zero-order chi connectivity index (χ0) is 23.5. The Labute approximate surface area is 204 Å². The van der Waals surface area contributed by atoms with E-state index in [2.05, 4.69) is 74.9 Å². The van der Waals surface area contributed by atoms with Gasteiger partial charge in [0, 0.05) is 36.5 Å². The van der Waals surface area contributed by atoms with E-state index in [1.807, 2.05) is 42.5 Å². The fraction of sp³-hybridized carbons (Fsp3) is 0.222. The van der Waals surface area contributed by atoms with Gasteiger partial charge in [-0.1, -0.05) is 72.3 Å². The van der Waals surface area contributed by atoms with Crippen molar-refractivity contribution in [2.24, 2.45) is 0 Å². The van der Waals surface area contributed by atoms with Crippen LogP contribution in [0.15, 0.2) is 78.9 Å². The van der Waals surface area contributed by atoms with Crippen molar-refractivity contribution < 1.29 is 0 Å². The quantitative estimate of drug-likeness (QED) is 0.316. The van der Waals surface area contributed by atoms with E-state index >= 15 is 0 Å². The largest absolute Gasteiger partial charge is 0.336 e. The fourth-order valence-corrected chi connectivity index (χ4v) is 4.29. The lowest BCUT2D eigenvalue weighted by Gasteiger charge is -2.27. The molecule has 3 aromatic carbocycles. The number of rotatable bonds is 8. The van der Waals surface area contributed by atoms with E-state index in [9.17, 15) is 0 Å². The molecule has 34 heavy (non-hydrogen) atoms. The summed E-state index contributed by atoms with van der Waals surface area (Å²) in [5, 5.41) is 10.8. The highest BCUT2D eigenvalue weighted by molar-refractivity contribution is 6.31. The molecule has 6 nitrogen and oxygen atoms in total. The normalized spacial score (nSPS) is 11.5. The molecule has 0 radical (unpaired) electrons. The van der Waals surface area contributed by atoms with E-state index in [0.29, 0.717) is 11.4 Å². The van der Waals surface area contributed by atoms with Gasteiger partial charge in [-0.05, 0) is 43.4 Å². The second-order valence-electron chi connectivity index (χ2n) is 8.72. The Bertz CT molecular complexity index is 1400. The Morgan fingerprint density at radius 1 is 0.824 bits per heavy atom. The van der Waals surface area contributed by atoms with Crippen LogP contribution in [0.3, 0.4) is 0 Å². The maximum atomic E-state index is 6.34. The molecule has 5 rings (SSSR count). The van der Waals surface area contributed by atoms with Crippen molar-refractivity contribution in [3.05, 3.63) is 101 Å². The Balaban J connectivity index is 1.69. The molecule has 0 saturated heterocycles. The zero-order valence-corrected chi connectivity index (χ0v) is 20.2. The van der Waals surface area contributed by atoms with Gasteiger partial charge >= 0.3 is 0 Å². The average molecular weight is 471 g/mol. The van der Waals surface area contributed by atoms with Gasteiger partial charge in [0.25, 0.3) is 0 Å². The predicted molar refractivity (Wildman–Crippen MR) is 139 cm³/mol. The highest BCUT2D eigenvalue weighted by atomic mass is 35.5. The van der Waals surface area contributed by atoms with Gasteiger partial charge in [0.1, 0.15) is 5.82 Å². The third-order valence-electron chi connectivity index (χ3n) is 5.87. The molecule has 0 amide bonds. The predicted octanol–water partition coefficient (Wildman–Crippen LogP) is 5.09. The Hall–Kier alpha value is -3.48. The van der Waals surface area contributed by atoms with E-state index in [1.54, 1.807) is 0 Å². The minimum Gasteiger partial charge on any atom is -0.336 e. The monoisotopic (exact) mass is 470 g/mol. The molecule has 7 heteroatoms. The first-order valence-electron chi connectivity index (χ1n) is 11.4. The van der Waals surface area contributed by atoms with Gasteiger partial charge in [-0.2, -0.15) is 0 Å². The van der Waals surface area contributed by atoms with E-state index in [1.165, 1.54) is 11.1 Å². The Morgan fingerprint density at radius 2 is 1.53 bits per heavy atom. The first-order chi connectivity index (χ1) is 16.6. The summed E-state index contributed by atoms with van der Waals surface area (Å²) in [7, 11) is 4.17. The summed E-state index contributed by atoms with van der Waals surface area (Å²) in [5.41, 5.74) is 4.02. The van der Waals surface area contributed by atoms with Gasteiger partial charge in [0.05, 0.1) is 5.52 Å². The lowest BCUT2D eigenvalue weighted by atomic mass is 10.1. The SMILES string of the molecule is CN(C)CCN(Cc1ccccc1)c1nc2cc(Cl)ccc2c2nnc(Cc3ccccc3)n12. The number of aromatic nitrogens is 4. The molecule has 0 bridgehead atoms. The highest BCUT2D eigenvalue weighted by Crippen LogP contribution is 2.28. The Morgan fingerprint density at radius 3 is 2.24 bits per heavy atom. The molecule has 0 fully saturated rings. The first kappa shape index (κ1) is 22.3. The number of halogens is 1. The highest BCUT2D eigenvalue weighted by Gasteiger charge is 2.20. The second-order valence-corrected chi connectivity index (χ2v) is 9.16. The maximum Gasteiger partial charge on any atom is 0.213 e. The van der Waals surface area contributed by atoms with Crippen LogP contribution in [-0.4, -0.2) is 51.7 Å². The number of likely N-dealkylation sites (N-methyl/N-ethyl adjacent to an activating group) is 1. The summed E-state index contributed by atoms with van der Waals surface area (Å²) in [4.78, 5) is 9.61. The minimum atomic E-state index is 0.655. The van der Waals surface area contributed by atoms with Crippen molar-refractivity contribution in [2.45, 2.75) is 13.0 Å². The van der Waals surface area contributed by atoms with Crippen molar-refractivity contribution in [3.63, 3.8) is 0 Å². The molecule has 0 saturated carbocycles. The number of benzene rings is 3. The molecule has 2 heterocycles. The average Bonchev–Trinajstić information content (AvgIpc) is 3.26. The lowest BCUT2D eigenvalue weighted by Crippen LogP contribution is -2.33. The van der Waals surface area contributed by atoms with Crippen LogP contribution in [0.4, 0.5) is 5.95 Å². The summed E-state index contributed by atoms with van der Waals surface area (Å²) in [6.07, 6.45) is 0.669. The molecule has 5 aromatic rings. The molecule has 0 aliphatic carbocycles. The maximum absolute atomic E-state index is 6.34. The van der Waals surface area contributed by atoms with Crippen LogP contribution in [0, 0.1) is 0 Å². The molecule has 0 aliphatic heterocycles. The van der Waals surface area contributed by atoms with Gasteiger partial charge in [0.15, 0.2) is 5.65 Å². The van der Waals surface area contributed by atoms with Crippen LogP contribution >= 0.6 is 11.6 Å². The van der Waals surface area contributed by atoms with Crippen molar-refractivity contribution in [3.8, 4) is 0 Å². The molecule has 0 N–H and O–H groups in total. The molecular weight excluding hydrogens is 444 g/mol. The van der Waals surface area contributed by atoms with Crippen LogP contribution in [0.2, 0.25) is 5.02 Å². The smallest absolute Gasteiger partial charge is 0.213 e. The minimum absolute atomic E-state index is 0.655. The molecule has 2 aromatic heterocycles. The lowest BCUT2D eigenvalue weighted by molar-refractivity contribution is 0.411. The van der Waals surface area contributed by atoms with Gasteiger partial charge in [-0.25, -0.2) is 9.38 Å². The van der Waals surface area contributed by atoms with Crippen LogP contribution in [0.5, 0.6) is 0 Å². The summed E-state index contributed by atoms with van der Waals surface area (Å²) < 4.78 is 2.11. The number of hydrogen-bond acceptors (Lipinski definition) is 5. The van der Waals surface area contributed by atoms with E-state index in [4.69, 9.17) is 16.6 Å². The van der Waals surface area contributed by atoms with Crippen molar-refractivity contribution >= 4 is 34.1 Å². The van der Waals surface area contributed by atoms with Crippen LogP contribution in [-0.2, 0) is 13.0 Å². The fourth-order valence-electron chi connectivity index (χ4n) is 4.12. The van der Waals surface area contributed by atoms with E-state index in [-0.39, 0.29) is 0 Å². The Kier molecular flexibility index (Phi) is 6.43. The van der Waals surface area contributed by atoms with Crippen LogP contribution in [0.25, 0.3) is 16.6 Å². The first-order valence-corrected chi connectivity index (χ1v) is 11.8. The third-order valence-corrected chi connectivity index (χ3v) is 6.11. The number of nitrogens with zero attached hydrogens (tertiary/aromatic N) is 6. The summed E-state index contributed by atoms with van der Waals surface area (Å²) >= 11 is 6.34. The summed E-state index contributed by atoms with van der Waals surface area (Å²) in [6.45, 7) is 2.42. The third kappa shape index (κ3) is 4.74. The summed E-state index contributed by atoms with van der Waals surface area (Å²) in [6, 6.07) is 26.6. The number of anilines is 1. The number of fused-ring (bicyclic) bond motifs is 3. The van der Waals surface area contributed by atoms with Gasteiger partial charge < -0.3 is 9.80 Å². The van der Waals surface area contributed by atoms with Gasteiger partial charge in [-0.3, -0.25) is 0 Å². The zero-order valence-electron chi connectivity index (χ0n) is 19.4. The molecule has 0 aliphatic rings. The molecule has 0 unspecified atom stereocenters. The standard InChI is InChI=1S/C27H27ClN6/c1-32(2)15-16-33(19-21-11-7-4-8-12-21)27-29-24-18-22(28)13-14-23(24)26-31-30-25(34(26)27)17-20-9-5-3-6-10-20/h3-14,18H,15-17,19H2,1-2H3. The summed E-state index contributed by atoms with van der Waals surface area (Å²) in [5.74, 6) is 1.69. The van der Waals surface area contributed by atoms with Crippen molar-refractivity contribution in [1.82, 2.24) is 24.5 Å². The molecule has 0 atom stereocenters. The van der Waals surface area contributed by atoms with Crippen molar-refractivity contribution in [1.29, 1.82) is 0 Å². The van der Waals surface area contributed by atoms with Crippen molar-refractivity contribution in [2.75, 3.05) is 32.1 Å². The second kappa shape index (κ2) is 9.79. The van der Waals surface area contributed by atoms with Crippen LogP contribution < -0.4 is 4.90 Å². The molecular formula is C27H27ClN6. The van der Waals surface area contributed by atoms with Crippen LogP contribution in [0.1, 0.15) is 17.0 Å². The van der Waals surface area contributed by atoms with E-state index < -0.39 is 0 Å². The molecule has 172 valence electrons. The topological polar surface area (TPSA) is 49.6 Å². The number of hydrogen-bond donors (Lipinski definition) is 0. The molecule has 0 spiro atoms. The van der Waals surface area contributed by atoms with Gasteiger partial charge in [-0.15, -0.1) is 10.2 Å².